The van der Waals surface area contributed by atoms with E-state index in [1.165, 1.54) is 12.1 Å². The van der Waals surface area contributed by atoms with Crippen molar-refractivity contribution in [1.82, 2.24) is 5.32 Å². The summed E-state index contributed by atoms with van der Waals surface area (Å²) in [4.78, 5) is 12.0. The van der Waals surface area contributed by atoms with Gasteiger partial charge in [0.25, 0.3) is 5.91 Å². The molecule has 0 radical (unpaired) electrons. The van der Waals surface area contributed by atoms with Gasteiger partial charge in [-0.3, -0.25) is 4.79 Å². The second kappa shape index (κ2) is 6.50. The zero-order valence-electron chi connectivity index (χ0n) is 11.3. The van der Waals surface area contributed by atoms with Crippen LogP contribution < -0.4 is 5.32 Å². The summed E-state index contributed by atoms with van der Waals surface area (Å²) in [7, 11) is 1.58. The largest absolute Gasteiger partial charge is 0.383 e. The Bertz CT molecular complexity index is 418. The molecule has 0 saturated heterocycles. The van der Waals surface area contributed by atoms with Gasteiger partial charge in [-0.1, -0.05) is 19.9 Å². The van der Waals surface area contributed by atoms with E-state index in [1.807, 2.05) is 13.8 Å². The van der Waals surface area contributed by atoms with Crippen LogP contribution in [0.25, 0.3) is 0 Å². The first-order chi connectivity index (χ1) is 8.45. The number of halogens is 1. The van der Waals surface area contributed by atoms with Crippen molar-refractivity contribution in [3.63, 3.8) is 0 Å². The van der Waals surface area contributed by atoms with E-state index in [0.717, 1.165) is 5.56 Å². The lowest BCUT2D eigenvalue weighted by molar-refractivity contribution is 0.0862. The molecule has 0 aliphatic rings. The van der Waals surface area contributed by atoms with Crippen molar-refractivity contribution in [3.05, 3.63) is 35.1 Å². The molecule has 0 aliphatic carbocycles. The summed E-state index contributed by atoms with van der Waals surface area (Å²) in [6.45, 7) is 6.16. The van der Waals surface area contributed by atoms with Gasteiger partial charge in [0.2, 0.25) is 0 Å². The van der Waals surface area contributed by atoms with Crippen LogP contribution in [0.15, 0.2) is 18.2 Å². The highest BCUT2D eigenvalue weighted by Gasteiger charge is 2.19. The van der Waals surface area contributed by atoms with Gasteiger partial charge < -0.3 is 10.1 Å². The Morgan fingerprint density at radius 2 is 2.11 bits per heavy atom. The van der Waals surface area contributed by atoms with E-state index in [1.54, 1.807) is 20.1 Å². The Morgan fingerprint density at radius 1 is 1.44 bits per heavy atom. The molecule has 0 spiro atoms. The summed E-state index contributed by atoms with van der Waals surface area (Å²) in [5, 5.41) is 2.79. The lowest BCUT2D eigenvalue weighted by Gasteiger charge is -2.21. The highest BCUT2D eigenvalue weighted by molar-refractivity contribution is 5.94. The number of carbonyl (C=O) groups excluding carboxylic acids is 1. The van der Waals surface area contributed by atoms with Crippen LogP contribution >= 0.6 is 0 Å². The molecule has 100 valence electrons. The van der Waals surface area contributed by atoms with Crippen LogP contribution in [0.5, 0.6) is 0 Å². The number of methoxy groups -OCH3 is 1. The average Bonchev–Trinajstić information content (AvgIpc) is 2.27. The highest BCUT2D eigenvalue weighted by Crippen LogP contribution is 2.11. The lowest BCUT2D eigenvalue weighted by atomic mass is 10.0. The standard InChI is InChI=1S/C14H20FNO2/c1-9(2)13(8-18-4)16-14(17)11-6-5-10(3)7-12(11)15/h5-7,9,13H,8H2,1-4H3,(H,16,17). The first-order valence-electron chi connectivity index (χ1n) is 6.01. The van der Waals surface area contributed by atoms with Gasteiger partial charge in [-0.25, -0.2) is 4.39 Å². The number of carbonyl (C=O) groups is 1. The van der Waals surface area contributed by atoms with Gasteiger partial charge >= 0.3 is 0 Å². The van der Waals surface area contributed by atoms with E-state index >= 15 is 0 Å². The average molecular weight is 253 g/mol. The molecule has 0 aliphatic heterocycles. The Labute approximate surface area is 107 Å². The fraction of sp³-hybridized carbons (Fsp3) is 0.500. The third-order valence-corrected chi connectivity index (χ3v) is 2.84. The van der Waals surface area contributed by atoms with E-state index in [2.05, 4.69) is 5.32 Å². The molecular formula is C14H20FNO2. The third kappa shape index (κ3) is 3.81. The molecule has 0 heterocycles. The number of amides is 1. The Hall–Kier alpha value is -1.42. The molecule has 3 nitrogen and oxygen atoms in total. The summed E-state index contributed by atoms with van der Waals surface area (Å²) in [5.41, 5.74) is 0.865. The molecule has 0 saturated carbocycles. The van der Waals surface area contributed by atoms with Crippen LogP contribution in [0, 0.1) is 18.7 Å². The molecule has 0 fully saturated rings. The predicted molar refractivity (Wildman–Crippen MR) is 69.1 cm³/mol. The van der Waals surface area contributed by atoms with Gasteiger partial charge in [0, 0.05) is 7.11 Å². The van der Waals surface area contributed by atoms with Gasteiger partial charge in [0.1, 0.15) is 5.82 Å². The maximum absolute atomic E-state index is 13.6. The van der Waals surface area contributed by atoms with Crippen molar-refractivity contribution in [1.29, 1.82) is 0 Å². The molecule has 1 aromatic rings. The molecule has 1 rings (SSSR count). The molecule has 1 amide bonds. The number of ether oxygens (including phenoxy) is 1. The lowest BCUT2D eigenvalue weighted by Crippen LogP contribution is -2.41. The molecule has 1 atom stereocenters. The van der Waals surface area contributed by atoms with Gasteiger partial charge in [-0.05, 0) is 30.5 Å². The van der Waals surface area contributed by atoms with Crippen LogP contribution in [0.2, 0.25) is 0 Å². The molecule has 4 heteroatoms. The minimum Gasteiger partial charge on any atom is -0.383 e. The summed E-state index contributed by atoms with van der Waals surface area (Å²) < 4.78 is 18.7. The van der Waals surface area contributed by atoms with E-state index < -0.39 is 11.7 Å². The number of nitrogens with one attached hydrogen (secondary N) is 1. The topological polar surface area (TPSA) is 38.3 Å². The number of rotatable bonds is 5. The van der Waals surface area contributed by atoms with Gasteiger partial charge in [-0.2, -0.15) is 0 Å². The van der Waals surface area contributed by atoms with Crippen molar-refractivity contribution >= 4 is 5.91 Å². The molecule has 0 aromatic heterocycles. The number of hydrogen-bond acceptors (Lipinski definition) is 2. The SMILES string of the molecule is COCC(NC(=O)c1ccc(C)cc1F)C(C)C. The second-order valence-electron chi connectivity index (χ2n) is 4.76. The minimum atomic E-state index is -0.493. The molecule has 1 unspecified atom stereocenters. The number of benzene rings is 1. The Kier molecular flexibility index (Phi) is 5.28. The number of aryl methyl sites for hydroxylation is 1. The van der Waals surface area contributed by atoms with E-state index in [0.29, 0.717) is 6.61 Å². The zero-order chi connectivity index (χ0) is 13.7. The van der Waals surface area contributed by atoms with Gasteiger partial charge in [-0.15, -0.1) is 0 Å². The molecular weight excluding hydrogens is 233 g/mol. The van der Waals surface area contributed by atoms with Crippen LogP contribution in [0.1, 0.15) is 29.8 Å². The van der Waals surface area contributed by atoms with Crippen molar-refractivity contribution in [2.24, 2.45) is 5.92 Å². The quantitative estimate of drug-likeness (QED) is 0.875. The summed E-state index contributed by atoms with van der Waals surface area (Å²) in [5.74, 6) is -0.668. The van der Waals surface area contributed by atoms with Crippen molar-refractivity contribution in [2.75, 3.05) is 13.7 Å². The maximum atomic E-state index is 13.6. The molecule has 0 bridgehead atoms. The van der Waals surface area contributed by atoms with Crippen LogP contribution in [-0.4, -0.2) is 25.7 Å². The second-order valence-corrected chi connectivity index (χ2v) is 4.76. The fourth-order valence-electron chi connectivity index (χ4n) is 1.63. The normalized spacial score (nSPS) is 12.6. The van der Waals surface area contributed by atoms with Crippen molar-refractivity contribution < 1.29 is 13.9 Å². The first kappa shape index (κ1) is 14.6. The molecule has 1 N–H and O–H groups in total. The first-order valence-corrected chi connectivity index (χ1v) is 6.01. The fourth-order valence-corrected chi connectivity index (χ4v) is 1.63. The summed E-state index contributed by atoms with van der Waals surface area (Å²) >= 11 is 0. The predicted octanol–water partition coefficient (Wildman–Crippen LogP) is 2.53. The van der Waals surface area contributed by atoms with Gasteiger partial charge in [0.05, 0.1) is 18.2 Å². The highest BCUT2D eigenvalue weighted by atomic mass is 19.1. The smallest absolute Gasteiger partial charge is 0.254 e. The Morgan fingerprint density at radius 3 is 2.61 bits per heavy atom. The monoisotopic (exact) mass is 253 g/mol. The molecule has 18 heavy (non-hydrogen) atoms. The van der Waals surface area contributed by atoms with E-state index in [-0.39, 0.29) is 17.5 Å². The van der Waals surface area contributed by atoms with E-state index in [9.17, 15) is 9.18 Å². The van der Waals surface area contributed by atoms with Gasteiger partial charge in [0.15, 0.2) is 0 Å². The van der Waals surface area contributed by atoms with Crippen LogP contribution in [0.3, 0.4) is 0 Å². The summed E-state index contributed by atoms with van der Waals surface area (Å²) in [6, 6.07) is 4.46. The number of hydrogen-bond donors (Lipinski definition) is 1. The van der Waals surface area contributed by atoms with Crippen LogP contribution in [0.4, 0.5) is 4.39 Å². The zero-order valence-corrected chi connectivity index (χ0v) is 11.3. The van der Waals surface area contributed by atoms with E-state index in [4.69, 9.17) is 4.74 Å². The Balaban J connectivity index is 2.80. The minimum absolute atomic E-state index is 0.0716. The van der Waals surface area contributed by atoms with Crippen molar-refractivity contribution in [2.45, 2.75) is 26.8 Å². The van der Waals surface area contributed by atoms with Crippen molar-refractivity contribution in [3.8, 4) is 0 Å². The summed E-state index contributed by atoms with van der Waals surface area (Å²) in [6.07, 6.45) is 0. The maximum Gasteiger partial charge on any atom is 0.254 e. The van der Waals surface area contributed by atoms with Crippen LogP contribution in [-0.2, 0) is 4.74 Å². The third-order valence-electron chi connectivity index (χ3n) is 2.84. The molecule has 1 aromatic carbocycles.